The molecule has 1 aliphatic heterocycles. The Kier molecular flexibility index (Phi) is 5.31. The van der Waals surface area contributed by atoms with E-state index < -0.39 is 0 Å². The zero-order valence-corrected chi connectivity index (χ0v) is 12.0. The first-order valence-electron chi connectivity index (χ1n) is 6.86. The topological polar surface area (TPSA) is 63.7 Å². The van der Waals surface area contributed by atoms with E-state index in [0.717, 1.165) is 13.1 Å². The van der Waals surface area contributed by atoms with Gasteiger partial charge in [-0.15, -0.1) is 0 Å². The van der Waals surface area contributed by atoms with Gasteiger partial charge >= 0.3 is 0 Å². The molecule has 110 valence electrons. The molecule has 0 aliphatic carbocycles. The van der Waals surface area contributed by atoms with E-state index in [2.05, 4.69) is 15.2 Å². The second-order valence-corrected chi connectivity index (χ2v) is 4.78. The second-order valence-electron chi connectivity index (χ2n) is 4.78. The van der Waals surface area contributed by atoms with Crippen molar-refractivity contribution in [3.8, 4) is 5.88 Å². The number of nitrogens with one attached hydrogen (secondary N) is 1. The highest BCUT2D eigenvalue weighted by Gasteiger charge is 2.18. The first kappa shape index (κ1) is 14.7. The Morgan fingerprint density at radius 2 is 2.45 bits per heavy atom. The van der Waals surface area contributed by atoms with E-state index in [0.29, 0.717) is 31.2 Å². The number of carbonyl (C=O) groups excluding carboxylic acids is 1. The lowest BCUT2D eigenvalue weighted by atomic mass is 10.2. The van der Waals surface area contributed by atoms with E-state index in [1.165, 1.54) is 6.20 Å². The molecular formula is C14H21N3O3. The van der Waals surface area contributed by atoms with Crippen LogP contribution < -0.4 is 10.1 Å². The summed E-state index contributed by atoms with van der Waals surface area (Å²) in [5.74, 6) is 0.388. The van der Waals surface area contributed by atoms with E-state index in [4.69, 9.17) is 9.47 Å². The lowest BCUT2D eigenvalue weighted by molar-refractivity contribution is -0.0175. The Morgan fingerprint density at radius 3 is 3.10 bits per heavy atom. The van der Waals surface area contributed by atoms with Gasteiger partial charge < -0.3 is 19.7 Å². The van der Waals surface area contributed by atoms with Crippen molar-refractivity contribution in [1.82, 2.24) is 15.2 Å². The average Bonchev–Trinajstić information content (AvgIpc) is 2.46. The van der Waals surface area contributed by atoms with Crippen LogP contribution in [0, 0.1) is 0 Å². The molecule has 1 aromatic rings. The summed E-state index contributed by atoms with van der Waals surface area (Å²) >= 11 is 0. The van der Waals surface area contributed by atoms with Crippen molar-refractivity contribution in [1.29, 1.82) is 0 Å². The maximum atomic E-state index is 12.0. The zero-order chi connectivity index (χ0) is 14.4. The summed E-state index contributed by atoms with van der Waals surface area (Å²) in [6, 6.07) is 3.41. The summed E-state index contributed by atoms with van der Waals surface area (Å²) < 4.78 is 10.8. The van der Waals surface area contributed by atoms with Crippen LogP contribution in [-0.4, -0.2) is 61.8 Å². The van der Waals surface area contributed by atoms with Crippen molar-refractivity contribution in [3.05, 3.63) is 23.9 Å². The molecule has 1 aromatic heterocycles. The number of carbonyl (C=O) groups is 1. The molecule has 1 saturated heterocycles. The maximum Gasteiger partial charge on any atom is 0.252 e. The minimum Gasteiger partial charge on any atom is -0.478 e. The molecule has 0 saturated carbocycles. The third-order valence-electron chi connectivity index (χ3n) is 3.12. The van der Waals surface area contributed by atoms with Gasteiger partial charge in [-0.3, -0.25) is 4.79 Å². The van der Waals surface area contributed by atoms with Crippen molar-refractivity contribution in [3.63, 3.8) is 0 Å². The van der Waals surface area contributed by atoms with Crippen molar-refractivity contribution in [2.24, 2.45) is 0 Å². The van der Waals surface area contributed by atoms with Gasteiger partial charge in [-0.05, 0) is 20.0 Å². The predicted molar refractivity (Wildman–Crippen MR) is 75.0 cm³/mol. The molecule has 1 N–H and O–H groups in total. The highest BCUT2D eigenvalue weighted by molar-refractivity contribution is 5.93. The smallest absolute Gasteiger partial charge is 0.252 e. The average molecular weight is 279 g/mol. The maximum absolute atomic E-state index is 12.0. The van der Waals surface area contributed by atoms with Crippen molar-refractivity contribution in [2.45, 2.75) is 13.0 Å². The summed E-state index contributed by atoms with van der Waals surface area (Å²) in [4.78, 5) is 18.2. The molecule has 1 amide bonds. The van der Waals surface area contributed by atoms with Gasteiger partial charge in [-0.25, -0.2) is 4.98 Å². The number of pyridine rings is 1. The molecule has 1 atom stereocenters. The van der Waals surface area contributed by atoms with E-state index >= 15 is 0 Å². The number of amides is 1. The molecule has 0 radical (unpaired) electrons. The lowest BCUT2D eigenvalue weighted by Crippen LogP contribution is -2.45. The fraction of sp³-hybridized carbons (Fsp3) is 0.571. The fourth-order valence-electron chi connectivity index (χ4n) is 2.05. The first-order chi connectivity index (χ1) is 9.69. The minimum absolute atomic E-state index is 0.0494. The number of ether oxygens (including phenoxy) is 2. The summed E-state index contributed by atoms with van der Waals surface area (Å²) in [6.07, 6.45) is 1.57. The van der Waals surface area contributed by atoms with Gasteiger partial charge in [0.25, 0.3) is 5.91 Å². The number of morpholine rings is 1. The number of hydrogen-bond acceptors (Lipinski definition) is 5. The zero-order valence-electron chi connectivity index (χ0n) is 12.0. The van der Waals surface area contributed by atoms with Crippen molar-refractivity contribution >= 4 is 5.91 Å². The van der Waals surface area contributed by atoms with Crippen LogP contribution in [0.15, 0.2) is 18.3 Å². The molecule has 0 bridgehead atoms. The standard InChI is InChI=1S/C14H21N3O3/c1-3-19-13-5-4-11(8-15-13)14(18)16-9-12-10-17(2)6-7-20-12/h4-5,8,12H,3,6-7,9-10H2,1-2H3,(H,16,18). The van der Waals surface area contributed by atoms with Gasteiger partial charge in [0.15, 0.2) is 0 Å². The van der Waals surface area contributed by atoms with E-state index in [-0.39, 0.29) is 12.0 Å². The van der Waals surface area contributed by atoms with Gasteiger partial charge in [0.2, 0.25) is 5.88 Å². The second kappa shape index (κ2) is 7.21. The van der Waals surface area contributed by atoms with Gasteiger partial charge in [0, 0.05) is 31.9 Å². The highest BCUT2D eigenvalue weighted by Crippen LogP contribution is 2.08. The van der Waals surface area contributed by atoms with Crippen LogP contribution >= 0.6 is 0 Å². The highest BCUT2D eigenvalue weighted by atomic mass is 16.5. The largest absolute Gasteiger partial charge is 0.478 e. The van der Waals surface area contributed by atoms with Crippen LogP contribution in [-0.2, 0) is 4.74 Å². The fourth-order valence-corrected chi connectivity index (χ4v) is 2.05. The number of rotatable bonds is 5. The Balaban J connectivity index is 1.82. The van der Waals surface area contributed by atoms with Crippen LogP contribution in [0.5, 0.6) is 5.88 Å². The van der Waals surface area contributed by atoms with E-state index in [1.54, 1.807) is 12.1 Å². The Morgan fingerprint density at radius 1 is 1.60 bits per heavy atom. The third-order valence-corrected chi connectivity index (χ3v) is 3.12. The summed E-state index contributed by atoms with van der Waals surface area (Å²) in [5, 5.41) is 2.87. The summed E-state index contributed by atoms with van der Waals surface area (Å²) in [7, 11) is 2.05. The Bertz CT molecular complexity index is 436. The molecule has 0 spiro atoms. The molecule has 1 aliphatic rings. The Labute approximate surface area is 119 Å². The molecule has 1 fully saturated rings. The molecule has 2 heterocycles. The van der Waals surface area contributed by atoms with Crippen LogP contribution in [0.4, 0.5) is 0 Å². The van der Waals surface area contributed by atoms with Gasteiger partial charge in [-0.2, -0.15) is 0 Å². The molecule has 6 heteroatoms. The number of nitrogens with zero attached hydrogens (tertiary/aromatic N) is 2. The van der Waals surface area contributed by atoms with Gasteiger partial charge in [0.1, 0.15) is 0 Å². The van der Waals surface area contributed by atoms with Crippen LogP contribution in [0.25, 0.3) is 0 Å². The molecule has 6 nitrogen and oxygen atoms in total. The predicted octanol–water partition coefficient (Wildman–Crippen LogP) is 0.541. The van der Waals surface area contributed by atoms with E-state index in [1.807, 2.05) is 14.0 Å². The SMILES string of the molecule is CCOc1ccc(C(=O)NCC2CN(C)CCO2)cn1. The quantitative estimate of drug-likeness (QED) is 0.852. The van der Waals surface area contributed by atoms with Crippen molar-refractivity contribution < 1.29 is 14.3 Å². The third kappa shape index (κ3) is 4.18. The molecule has 2 rings (SSSR count). The molecule has 20 heavy (non-hydrogen) atoms. The monoisotopic (exact) mass is 279 g/mol. The normalized spacial score (nSPS) is 19.6. The number of aromatic nitrogens is 1. The summed E-state index contributed by atoms with van der Waals surface area (Å²) in [6.45, 7) is 5.45. The number of likely N-dealkylation sites (N-methyl/N-ethyl adjacent to an activating group) is 1. The lowest BCUT2D eigenvalue weighted by Gasteiger charge is -2.30. The van der Waals surface area contributed by atoms with Gasteiger partial charge in [-0.1, -0.05) is 0 Å². The molecular weight excluding hydrogens is 258 g/mol. The van der Waals surface area contributed by atoms with Gasteiger partial charge in [0.05, 0.1) is 24.9 Å². The molecule has 0 aromatic carbocycles. The molecule has 1 unspecified atom stereocenters. The Hall–Kier alpha value is -1.66. The van der Waals surface area contributed by atoms with Crippen LogP contribution in [0.3, 0.4) is 0 Å². The minimum atomic E-state index is -0.141. The van der Waals surface area contributed by atoms with Crippen molar-refractivity contribution in [2.75, 3.05) is 39.9 Å². The number of hydrogen-bond donors (Lipinski definition) is 1. The van der Waals surface area contributed by atoms with Crippen LogP contribution in [0.1, 0.15) is 17.3 Å². The van der Waals surface area contributed by atoms with Crippen LogP contribution in [0.2, 0.25) is 0 Å². The first-order valence-corrected chi connectivity index (χ1v) is 6.86. The summed E-state index contributed by atoms with van der Waals surface area (Å²) in [5.41, 5.74) is 0.526. The van der Waals surface area contributed by atoms with E-state index in [9.17, 15) is 4.79 Å².